The quantitative estimate of drug-likeness (QED) is 0.329. The van der Waals surface area contributed by atoms with Crippen molar-refractivity contribution in [3.05, 3.63) is 109 Å². The van der Waals surface area contributed by atoms with E-state index in [1.165, 1.54) is 34.6 Å². The molecule has 3 aromatic carbocycles. The molecule has 232 valence electrons. The number of hydrogen-bond donors (Lipinski definition) is 1. The standard InChI is InChI=1S/C32H27F3N4O4S2/c1-21-9-3-4-10-22(21)17-28-30(41)39(25-13-7-11-23(18-25)32(33,34)35)31(44-28)27(20-36)29(40)37-24-12-8-14-26(19-24)45(42,43)38-15-5-2-6-16-38/h3-4,7-14,17-19H,2,5-6,15-16H2,1H3,(H,37,40)/b28-17-,31-27-. The van der Waals surface area contributed by atoms with Gasteiger partial charge >= 0.3 is 6.18 Å². The van der Waals surface area contributed by atoms with Crippen LogP contribution >= 0.6 is 11.3 Å². The van der Waals surface area contributed by atoms with Gasteiger partial charge in [0.25, 0.3) is 11.5 Å². The number of nitrogens with one attached hydrogen (secondary N) is 1. The van der Waals surface area contributed by atoms with Gasteiger partial charge in [-0.05, 0) is 73.4 Å². The van der Waals surface area contributed by atoms with Crippen LogP contribution in [0.2, 0.25) is 0 Å². The van der Waals surface area contributed by atoms with Crippen molar-refractivity contribution in [2.45, 2.75) is 37.3 Å². The highest BCUT2D eigenvalue weighted by Crippen LogP contribution is 2.30. The first-order valence-corrected chi connectivity index (χ1v) is 16.2. The van der Waals surface area contributed by atoms with E-state index in [4.69, 9.17) is 0 Å². The highest BCUT2D eigenvalue weighted by atomic mass is 32.2. The van der Waals surface area contributed by atoms with E-state index >= 15 is 0 Å². The fraction of sp³-hybridized carbons (Fsp3) is 0.219. The molecule has 1 fully saturated rings. The Morgan fingerprint density at radius 3 is 2.40 bits per heavy atom. The summed E-state index contributed by atoms with van der Waals surface area (Å²) in [5, 5.41) is 12.7. The first kappa shape index (κ1) is 31.9. The molecule has 1 saturated heterocycles. The number of piperidine rings is 1. The SMILES string of the molecule is Cc1ccccc1/C=c1\s/c(=C(/C#N)C(=O)Nc2cccc(S(=O)(=O)N3CCCCC3)c2)n(-c2cccc(C(F)(F)F)c2)c1=O. The molecular formula is C32H27F3N4O4S2. The van der Waals surface area contributed by atoms with Crippen molar-refractivity contribution >= 4 is 44.6 Å². The Morgan fingerprint density at radius 1 is 1.00 bits per heavy atom. The third kappa shape index (κ3) is 6.78. The van der Waals surface area contributed by atoms with E-state index in [-0.39, 0.29) is 25.5 Å². The van der Waals surface area contributed by atoms with Crippen molar-refractivity contribution in [2.24, 2.45) is 0 Å². The third-order valence-electron chi connectivity index (χ3n) is 7.33. The van der Waals surface area contributed by atoms with Crippen molar-refractivity contribution in [1.82, 2.24) is 8.87 Å². The highest BCUT2D eigenvalue weighted by Gasteiger charge is 2.31. The molecule has 45 heavy (non-hydrogen) atoms. The molecule has 2 heterocycles. The van der Waals surface area contributed by atoms with Gasteiger partial charge in [-0.1, -0.05) is 42.8 Å². The van der Waals surface area contributed by atoms with Crippen LogP contribution in [-0.2, 0) is 21.0 Å². The Labute approximate surface area is 261 Å². The van der Waals surface area contributed by atoms with Gasteiger partial charge in [-0.3, -0.25) is 14.2 Å². The summed E-state index contributed by atoms with van der Waals surface area (Å²) < 4.78 is 69.4. The van der Waals surface area contributed by atoms with Gasteiger partial charge in [-0.2, -0.15) is 22.7 Å². The van der Waals surface area contributed by atoms with E-state index in [9.17, 15) is 36.4 Å². The summed E-state index contributed by atoms with van der Waals surface area (Å²) in [5.41, 5.74) is -0.853. The molecule has 0 atom stereocenters. The van der Waals surface area contributed by atoms with E-state index < -0.39 is 38.8 Å². The number of thiazole rings is 1. The number of nitrogens with zero attached hydrogens (tertiary/aromatic N) is 3. The number of sulfonamides is 1. The van der Waals surface area contributed by atoms with Gasteiger partial charge in [-0.25, -0.2) is 8.42 Å². The average molecular weight is 653 g/mol. The van der Waals surface area contributed by atoms with Gasteiger partial charge in [0.05, 0.1) is 20.7 Å². The molecule has 1 N–H and O–H groups in total. The fourth-order valence-corrected chi connectivity index (χ4v) is 7.63. The van der Waals surface area contributed by atoms with Gasteiger partial charge in [0.1, 0.15) is 10.7 Å². The minimum absolute atomic E-state index is 0.0344. The van der Waals surface area contributed by atoms with Crippen LogP contribution < -0.4 is 20.1 Å². The van der Waals surface area contributed by atoms with Crippen LogP contribution in [0.5, 0.6) is 0 Å². The lowest BCUT2D eigenvalue weighted by Gasteiger charge is -2.26. The Morgan fingerprint density at radius 2 is 1.71 bits per heavy atom. The zero-order valence-electron chi connectivity index (χ0n) is 24.0. The van der Waals surface area contributed by atoms with Crippen molar-refractivity contribution in [3.8, 4) is 11.8 Å². The average Bonchev–Trinajstić information content (AvgIpc) is 3.33. The van der Waals surface area contributed by atoms with Crippen LogP contribution in [0.3, 0.4) is 0 Å². The number of aryl methyl sites for hydroxylation is 1. The van der Waals surface area contributed by atoms with Gasteiger partial charge < -0.3 is 5.32 Å². The Bertz CT molecular complexity index is 2110. The smallest absolute Gasteiger partial charge is 0.321 e. The van der Waals surface area contributed by atoms with Crippen LogP contribution in [-0.4, -0.2) is 36.3 Å². The monoisotopic (exact) mass is 652 g/mol. The molecule has 13 heteroatoms. The highest BCUT2D eigenvalue weighted by molar-refractivity contribution is 7.89. The molecule has 0 aliphatic carbocycles. The maximum atomic E-state index is 13.7. The second-order valence-electron chi connectivity index (χ2n) is 10.4. The van der Waals surface area contributed by atoms with Gasteiger partial charge in [0.15, 0.2) is 5.57 Å². The topological polar surface area (TPSA) is 112 Å². The number of aromatic nitrogens is 1. The van der Waals surface area contributed by atoms with Crippen molar-refractivity contribution in [3.63, 3.8) is 0 Å². The molecule has 0 bridgehead atoms. The number of amides is 1. The molecule has 0 spiro atoms. The van der Waals surface area contributed by atoms with Crippen LogP contribution in [0.15, 0.2) is 82.5 Å². The van der Waals surface area contributed by atoms with Crippen molar-refractivity contribution in [1.29, 1.82) is 5.26 Å². The van der Waals surface area contributed by atoms with Crippen LogP contribution in [0.4, 0.5) is 18.9 Å². The Balaban J connectivity index is 1.64. The number of benzene rings is 3. The molecule has 4 aromatic rings. The lowest BCUT2D eigenvalue weighted by atomic mass is 10.1. The fourth-order valence-electron chi connectivity index (χ4n) is 4.97. The number of alkyl halides is 3. The molecule has 0 saturated carbocycles. The molecular weight excluding hydrogens is 626 g/mol. The first-order chi connectivity index (χ1) is 21.4. The molecule has 0 unspecified atom stereocenters. The molecule has 1 aliphatic heterocycles. The second kappa shape index (κ2) is 12.8. The lowest BCUT2D eigenvalue weighted by molar-refractivity contribution is -0.137. The van der Waals surface area contributed by atoms with E-state index in [2.05, 4.69) is 5.32 Å². The number of hydrogen-bond acceptors (Lipinski definition) is 6. The number of nitriles is 1. The summed E-state index contributed by atoms with van der Waals surface area (Å²) in [7, 11) is -3.82. The summed E-state index contributed by atoms with van der Waals surface area (Å²) in [6.07, 6.45) is -0.725. The first-order valence-electron chi connectivity index (χ1n) is 13.9. The number of halogens is 3. The van der Waals surface area contributed by atoms with Crippen LogP contribution in [0, 0.1) is 18.3 Å². The minimum Gasteiger partial charge on any atom is -0.321 e. The van der Waals surface area contributed by atoms with Crippen LogP contribution in [0.25, 0.3) is 17.3 Å². The predicted molar refractivity (Wildman–Crippen MR) is 166 cm³/mol. The Kier molecular flexibility index (Phi) is 9.11. The molecule has 1 aliphatic rings. The summed E-state index contributed by atoms with van der Waals surface area (Å²) in [6.45, 7) is 2.60. The summed E-state index contributed by atoms with van der Waals surface area (Å²) in [4.78, 5) is 27.2. The number of carbonyl (C=O) groups is 1. The summed E-state index contributed by atoms with van der Waals surface area (Å²) in [5.74, 6) is -0.963. The predicted octanol–water partition coefficient (Wildman–Crippen LogP) is 4.54. The number of carbonyl (C=O) groups excluding carboxylic acids is 1. The Hall–Kier alpha value is -4.51. The number of anilines is 1. The lowest BCUT2D eigenvalue weighted by Crippen LogP contribution is -2.35. The number of rotatable bonds is 6. The second-order valence-corrected chi connectivity index (χ2v) is 13.4. The summed E-state index contributed by atoms with van der Waals surface area (Å²) >= 11 is 0.786. The minimum atomic E-state index is -4.70. The van der Waals surface area contributed by atoms with E-state index in [1.54, 1.807) is 24.3 Å². The molecule has 5 rings (SSSR count). The normalized spacial score (nSPS) is 15.4. The molecule has 0 radical (unpaired) electrons. The molecule has 8 nitrogen and oxygen atoms in total. The van der Waals surface area contributed by atoms with Gasteiger partial charge in [-0.15, -0.1) is 11.3 Å². The van der Waals surface area contributed by atoms with Crippen LogP contribution in [0.1, 0.15) is 36.0 Å². The van der Waals surface area contributed by atoms with Gasteiger partial charge in [0, 0.05) is 18.8 Å². The molecule has 1 aromatic heterocycles. The maximum Gasteiger partial charge on any atom is 0.416 e. The van der Waals surface area contributed by atoms with Gasteiger partial charge in [0.2, 0.25) is 10.0 Å². The largest absolute Gasteiger partial charge is 0.416 e. The zero-order valence-corrected chi connectivity index (χ0v) is 25.6. The summed E-state index contributed by atoms with van der Waals surface area (Å²) in [6, 6.07) is 18.6. The van der Waals surface area contributed by atoms with Crippen molar-refractivity contribution < 1.29 is 26.4 Å². The van der Waals surface area contributed by atoms with Crippen molar-refractivity contribution in [2.75, 3.05) is 18.4 Å². The van der Waals surface area contributed by atoms with E-state index in [0.29, 0.717) is 18.7 Å². The van der Waals surface area contributed by atoms with E-state index in [1.807, 2.05) is 19.1 Å². The van der Waals surface area contributed by atoms with E-state index in [0.717, 1.165) is 58.9 Å². The zero-order chi connectivity index (χ0) is 32.4. The molecule has 1 amide bonds. The third-order valence-corrected chi connectivity index (χ3v) is 10.3. The maximum absolute atomic E-state index is 13.7.